The average molecular weight is 446 g/mol. The van der Waals surface area contributed by atoms with Crippen LogP contribution in [0.1, 0.15) is 12.1 Å². The third-order valence-electron chi connectivity index (χ3n) is 4.83. The van der Waals surface area contributed by atoms with E-state index in [-0.39, 0.29) is 55.0 Å². The summed E-state index contributed by atoms with van der Waals surface area (Å²) >= 11 is 5.74. The van der Waals surface area contributed by atoms with Gasteiger partial charge in [-0.05, 0) is 11.8 Å². The molecule has 12 nitrogen and oxygen atoms in total. The number of rotatable bonds is 6. The van der Waals surface area contributed by atoms with E-state index in [2.05, 4.69) is 10.2 Å². The highest BCUT2D eigenvalue weighted by Gasteiger charge is 2.32. The van der Waals surface area contributed by atoms with Gasteiger partial charge in [0.05, 0.1) is 29.7 Å². The van der Waals surface area contributed by atoms with Crippen molar-refractivity contribution in [3.63, 3.8) is 0 Å². The van der Waals surface area contributed by atoms with Gasteiger partial charge in [0.2, 0.25) is 15.9 Å². The second-order valence-corrected chi connectivity index (χ2v) is 8.89. The molecule has 14 heteroatoms. The number of sulfonamides is 1. The molecule has 1 aliphatic heterocycles. The van der Waals surface area contributed by atoms with Gasteiger partial charge in [-0.2, -0.15) is 14.1 Å². The minimum atomic E-state index is -3.67. The largest absolute Gasteiger partial charge is 0.408 e. The number of carbonyl (C=O) groups excluding carboxylic acids is 1. The van der Waals surface area contributed by atoms with Crippen LogP contribution in [0.5, 0.6) is 0 Å². The number of hydrogen-bond donors (Lipinski definition) is 0. The number of nitro groups is 1. The van der Waals surface area contributed by atoms with E-state index >= 15 is 0 Å². The van der Waals surface area contributed by atoms with Crippen LogP contribution in [0, 0.1) is 17.0 Å². The van der Waals surface area contributed by atoms with Crippen molar-refractivity contribution in [2.75, 3.05) is 26.2 Å². The first-order valence-corrected chi connectivity index (χ1v) is 10.6. The monoisotopic (exact) mass is 445 g/mol. The molecule has 0 unspecified atom stereocenters. The second-order valence-electron chi connectivity index (χ2n) is 6.57. The van der Waals surface area contributed by atoms with Crippen molar-refractivity contribution in [3.05, 3.63) is 33.2 Å². The second kappa shape index (κ2) is 8.08. The Balaban J connectivity index is 1.56. The minimum Gasteiger partial charge on any atom is -0.358 e. The first kappa shape index (κ1) is 21.2. The van der Waals surface area contributed by atoms with E-state index in [1.807, 2.05) is 0 Å². The van der Waals surface area contributed by atoms with Gasteiger partial charge in [0.1, 0.15) is 4.90 Å². The lowest BCUT2D eigenvalue weighted by atomic mass is 10.3. The summed E-state index contributed by atoms with van der Waals surface area (Å²) in [4.78, 5) is 24.2. The van der Waals surface area contributed by atoms with Gasteiger partial charge in [-0.25, -0.2) is 8.42 Å². The van der Waals surface area contributed by atoms with Gasteiger partial charge in [-0.15, -0.1) is 0 Å². The Morgan fingerprint density at radius 3 is 2.48 bits per heavy atom. The quantitative estimate of drug-likeness (QED) is 0.463. The highest BCUT2D eigenvalue weighted by Crippen LogP contribution is 2.22. The van der Waals surface area contributed by atoms with Gasteiger partial charge in [-0.3, -0.25) is 9.48 Å². The van der Waals surface area contributed by atoms with Gasteiger partial charge < -0.3 is 15.0 Å². The number of amides is 1. The van der Waals surface area contributed by atoms with Crippen molar-refractivity contribution in [3.8, 4) is 0 Å². The summed E-state index contributed by atoms with van der Waals surface area (Å²) in [6.07, 6.45) is 2.70. The lowest BCUT2D eigenvalue weighted by molar-refractivity contribution is -0.389. The molecule has 29 heavy (non-hydrogen) atoms. The highest BCUT2D eigenvalue weighted by atomic mass is 35.5. The van der Waals surface area contributed by atoms with Crippen LogP contribution in [0.15, 0.2) is 17.3 Å². The molecule has 1 fully saturated rings. The zero-order chi connectivity index (χ0) is 21.3. The lowest BCUT2D eigenvalue weighted by Crippen LogP contribution is -2.50. The third kappa shape index (κ3) is 4.26. The van der Waals surface area contributed by atoms with Crippen LogP contribution >= 0.6 is 11.6 Å². The number of nitrogens with zero attached hydrogens (tertiary/aromatic N) is 7. The van der Waals surface area contributed by atoms with E-state index in [0.29, 0.717) is 5.69 Å². The van der Waals surface area contributed by atoms with Crippen LogP contribution in [0.2, 0.25) is 5.02 Å². The average Bonchev–Trinajstić information content (AvgIpc) is 3.22. The molecule has 0 atom stereocenters. The summed E-state index contributed by atoms with van der Waals surface area (Å²) in [5.74, 6) is -0.641. The molecule has 0 N–H and O–H groups in total. The SMILES string of the molecule is Cc1c(S(=O)(=O)N2CCN(C(=O)CCn3cc(Cl)c([N+](=O)[O-])n3)CC2)cnn1C. The molecular formula is C15H20ClN7O5S. The van der Waals surface area contributed by atoms with E-state index in [9.17, 15) is 23.3 Å². The molecule has 0 radical (unpaired) electrons. The summed E-state index contributed by atoms with van der Waals surface area (Å²) in [5, 5.41) is 18.4. The molecule has 1 saturated heterocycles. The Morgan fingerprint density at radius 1 is 1.31 bits per heavy atom. The summed E-state index contributed by atoms with van der Waals surface area (Å²) < 4.78 is 29.7. The van der Waals surface area contributed by atoms with Crippen LogP contribution in [0.4, 0.5) is 5.82 Å². The topological polar surface area (TPSA) is 136 Å². The Morgan fingerprint density at radius 2 is 1.97 bits per heavy atom. The predicted molar refractivity (Wildman–Crippen MR) is 102 cm³/mol. The number of halogens is 1. The molecule has 0 aliphatic carbocycles. The molecule has 0 aromatic carbocycles. The normalized spacial score (nSPS) is 15.6. The fraction of sp³-hybridized carbons (Fsp3) is 0.533. The maximum absolute atomic E-state index is 12.8. The van der Waals surface area contributed by atoms with Gasteiger partial charge in [0, 0.05) is 39.6 Å². The van der Waals surface area contributed by atoms with Crippen molar-refractivity contribution in [2.45, 2.75) is 24.8 Å². The molecule has 0 spiro atoms. The Bertz CT molecular complexity index is 1040. The molecule has 3 rings (SSSR count). The zero-order valence-corrected chi connectivity index (χ0v) is 17.4. The molecule has 1 amide bonds. The first-order valence-electron chi connectivity index (χ1n) is 8.75. The van der Waals surface area contributed by atoms with Crippen molar-refractivity contribution in [2.24, 2.45) is 7.05 Å². The molecule has 0 saturated carbocycles. The fourth-order valence-corrected chi connectivity index (χ4v) is 4.87. The van der Waals surface area contributed by atoms with Crippen molar-refractivity contribution in [1.82, 2.24) is 28.8 Å². The number of hydrogen-bond acceptors (Lipinski definition) is 7. The summed E-state index contributed by atoms with van der Waals surface area (Å²) in [7, 11) is -1.99. The Hall–Kier alpha value is -2.51. The van der Waals surface area contributed by atoms with E-state index in [4.69, 9.17) is 11.6 Å². The fourth-order valence-electron chi connectivity index (χ4n) is 3.04. The maximum Gasteiger partial charge on any atom is 0.408 e. The minimum absolute atomic E-state index is 0.0730. The van der Waals surface area contributed by atoms with Crippen molar-refractivity contribution in [1.29, 1.82) is 0 Å². The smallest absolute Gasteiger partial charge is 0.358 e. The Kier molecular flexibility index (Phi) is 5.91. The van der Waals surface area contributed by atoms with Crippen LogP contribution < -0.4 is 0 Å². The van der Waals surface area contributed by atoms with Gasteiger partial charge in [0.15, 0.2) is 5.02 Å². The Labute approximate surface area is 171 Å². The molecule has 158 valence electrons. The van der Waals surface area contributed by atoms with E-state index in [0.717, 1.165) is 0 Å². The van der Waals surface area contributed by atoms with Crippen LogP contribution in [-0.2, 0) is 28.4 Å². The lowest BCUT2D eigenvalue weighted by Gasteiger charge is -2.33. The van der Waals surface area contributed by atoms with E-state index in [1.165, 1.54) is 26.1 Å². The maximum atomic E-state index is 12.8. The van der Waals surface area contributed by atoms with Gasteiger partial charge >= 0.3 is 5.82 Å². The highest BCUT2D eigenvalue weighted by molar-refractivity contribution is 7.89. The standard InChI is InChI=1S/C15H20ClN7O5S/c1-11-13(9-17-19(11)2)29(27,28)22-7-5-20(6-8-22)14(24)3-4-21-10-12(16)15(18-21)23(25)26/h9-10H,3-8H2,1-2H3. The molecule has 2 aromatic rings. The molecule has 3 heterocycles. The first-order chi connectivity index (χ1) is 13.6. The van der Waals surface area contributed by atoms with Crippen molar-refractivity contribution >= 4 is 33.3 Å². The number of carbonyl (C=O) groups is 1. The number of aryl methyl sites for hydroxylation is 2. The van der Waals surface area contributed by atoms with E-state index in [1.54, 1.807) is 18.9 Å². The van der Waals surface area contributed by atoms with Crippen LogP contribution in [0.3, 0.4) is 0 Å². The van der Waals surface area contributed by atoms with E-state index < -0.39 is 20.8 Å². The van der Waals surface area contributed by atoms with Gasteiger partial charge in [0.25, 0.3) is 0 Å². The van der Waals surface area contributed by atoms with Crippen LogP contribution in [0.25, 0.3) is 0 Å². The predicted octanol–water partition coefficient (Wildman–Crippen LogP) is 0.410. The molecule has 1 aliphatic rings. The van der Waals surface area contributed by atoms with Crippen LogP contribution in [-0.4, -0.2) is 74.2 Å². The molecule has 0 bridgehead atoms. The summed E-state index contributed by atoms with van der Waals surface area (Å²) in [5.41, 5.74) is 0.551. The third-order valence-corrected chi connectivity index (χ3v) is 7.09. The molecule has 2 aromatic heterocycles. The number of piperazine rings is 1. The number of aromatic nitrogens is 4. The molecular weight excluding hydrogens is 426 g/mol. The summed E-state index contributed by atoms with van der Waals surface area (Å²) in [6.45, 7) is 2.71. The summed E-state index contributed by atoms with van der Waals surface area (Å²) in [6, 6.07) is 0. The van der Waals surface area contributed by atoms with Gasteiger partial charge in [-0.1, -0.05) is 11.6 Å². The van der Waals surface area contributed by atoms with Crippen molar-refractivity contribution < 1.29 is 18.1 Å². The zero-order valence-electron chi connectivity index (χ0n) is 15.9.